The quantitative estimate of drug-likeness (QED) is 0.273. The Morgan fingerprint density at radius 3 is 2.85 bits per heavy atom. The average Bonchev–Trinajstić information content (AvgIpc) is 3.40. The molecule has 5 rings (SSSR count). The average molecular weight is 476 g/mol. The molecule has 0 radical (unpaired) electrons. The summed E-state index contributed by atoms with van der Waals surface area (Å²) < 4.78 is 8.29. The van der Waals surface area contributed by atoms with Crippen LogP contribution in [0.4, 0.5) is 0 Å². The summed E-state index contributed by atoms with van der Waals surface area (Å²) in [6.07, 6.45) is 1.58. The molecule has 0 spiro atoms. The topological polar surface area (TPSA) is 81.4 Å². The van der Waals surface area contributed by atoms with E-state index in [1.54, 1.807) is 13.3 Å². The number of aromatic nitrogens is 3. The van der Waals surface area contributed by atoms with E-state index in [-0.39, 0.29) is 5.91 Å². The summed E-state index contributed by atoms with van der Waals surface area (Å²) in [6.45, 7) is 0.481. The first-order valence-electron chi connectivity index (χ1n) is 10.1. The summed E-state index contributed by atoms with van der Waals surface area (Å²) >= 11 is 7.72. The van der Waals surface area contributed by atoms with Crippen LogP contribution in [0.2, 0.25) is 5.02 Å². The second-order valence-corrected chi connectivity index (χ2v) is 8.68. The van der Waals surface area contributed by atoms with E-state index in [4.69, 9.17) is 16.3 Å². The number of fused-ring (bicyclic) bond motifs is 2. The van der Waals surface area contributed by atoms with Gasteiger partial charge in [0.2, 0.25) is 0 Å². The van der Waals surface area contributed by atoms with Crippen molar-refractivity contribution in [2.75, 3.05) is 7.11 Å². The fourth-order valence-corrected chi connectivity index (χ4v) is 4.98. The molecule has 7 nitrogen and oxygen atoms in total. The summed E-state index contributed by atoms with van der Waals surface area (Å²) in [5, 5.41) is 13.9. The summed E-state index contributed by atoms with van der Waals surface area (Å²) in [4.78, 5) is 13.0. The number of hydrazone groups is 1. The minimum absolute atomic E-state index is 0.347. The van der Waals surface area contributed by atoms with Gasteiger partial charge in [0, 0.05) is 15.6 Å². The molecule has 9 heteroatoms. The van der Waals surface area contributed by atoms with E-state index in [9.17, 15) is 4.79 Å². The first-order chi connectivity index (χ1) is 16.1. The number of amides is 1. The third-order valence-electron chi connectivity index (χ3n) is 5.17. The van der Waals surface area contributed by atoms with Gasteiger partial charge in [0.25, 0.3) is 5.91 Å². The van der Waals surface area contributed by atoms with E-state index in [2.05, 4.69) is 20.8 Å². The van der Waals surface area contributed by atoms with Crippen molar-refractivity contribution in [3.8, 4) is 5.75 Å². The Balaban J connectivity index is 1.35. The molecule has 164 valence electrons. The van der Waals surface area contributed by atoms with Gasteiger partial charge in [0.05, 0.1) is 30.4 Å². The smallest absolute Gasteiger partial charge is 0.283 e. The molecule has 0 aliphatic carbocycles. The van der Waals surface area contributed by atoms with Crippen molar-refractivity contribution in [1.82, 2.24) is 20.4 Å². The van der Waals surface area contributed by atoms with Gasteiger partial charge in [-0.2, -0.15) is 5.10 Å². The Bertz CT molecular complexity index is 1510. The summed E-state index contributed by atoms with van der Waals surface area (Å²) in [7, 11) is 1.63. The highest BCUT2D eigenvalue weighted by atomic mass is 35.5. The van der Waals surface area contributed by atoms with Crippen LogP contribution in [0, 0.1) is 0 Å². The molecular formula is C24H18ClN5O2S. The van der Waals surface area contributed by atoms with Gasteiger partial charge in [-0.05, 0) is 42.0 Å². The van der Waals surface area contributed by atoms with Gasteiger partial charge in [0.1, 0.15) is 16.1 Å². The maximum Gasteiger partial charge on any atom is 0.283 e. The number of para-hydroxylation sites is 1. The van der Waals surface area contributed by atoms with E-state index in [0.717, 1.165) is 38.0 Å². The van der Waals surface area contributed by atoms with Crippen LogP contribution in [0.1, 0.15) is 20.8 Å². The van der Waals surface area contributed by atoms with Gasteiger partial charge in [-0.15, -0.1) is 16.4 Å². The summed E-state index contributed by atoms with van der Waals surface area (Å²) in [5.41, 5.74) is 6.05. The second kappa shape index (κ2) is 9.01. The van der Waals surface area contributed by atoms with E-state index < -0.39 is 0 Å². The fourth-order valence-electron chi connectivity index (χ4n) is 3.57. The predicted molar refractivity (Wildman–Crippen MR) is 132 cm³/mol. The number of methoxy groups -OCH3 is 1. The van der Waals surface area contributed by atoms with Crippen molar-refractivity contribution in [1.29, 1.82) is 0 Å². The zero-order chi connectivity index (χ0) is 22.8. The fraction of sp³-hybridized carbons (Fsp3) is 0.0833. The van der Waals surface area contributed by atoms with Crippen LogP contribution in [0.25, 0.3) is 21.1 Å². The van der Waals surface area contributed by atoms with Crippen molar-refractivity contribution < 1.29 is 9.53 Å². The van der Waals surface area contributed by atoms with Crippen LogP contribution in [-0.2, 0) is 6.54 Å². The number of nitrogens with one attached hydrogen (secondary N) is 1. The number of carbonyl (C=O) groups excluding carboxylic acids is 1. The van der Waals surface area contributed by atoms with Crippen molar-refractivity contribution in [3.05, 3.63) is 87.8 Å². The lowest BCUT2D eigenvalue weighted by Crippen LogP contribution is -2.16. The number of ether oxygens (including phenoxy) is 1. The molecule has 33 heavy (non-hydrogen) atoms. The first-order valence-corrected chi connectivity index (χ1v) is 11.3. The van der Waals surface area contributed by atoms with Gasteiger partial charge in [-0.3, -0.25) is 4.79 Å². The van der Waals surface area contributed by atoms with Crippen molar-refractivity contribution in [2.24, 2.45) is 5.10 Å². The van der Waals surface area contributed by atoms with E-state index in [1.165, 1.54) is 11.3 Å². The highest BCUT2D eigenvalue weighted by molar-refractivity contribution is 7.21. The molecule has 0 fully saturated rings. The molecule has 2 heterocycles. The lowest BCUT2D eigenvalue weighted by atomic mass is 10.1. The normalized spacial score (nSPS) is 11.5. The van der Waals surface area contributed by atoms with Crippen LogP contribution in [-0.4, -0.2) is 34.2 Å². The number of benzene rings is 3. The molecule has 0 aliphatic heterocycles. The maximum absolute atomic E-state index is 12.6. The number of nitrogens with zero attached hydrogens (tertiary/aromatic N) is 4. The van der Waals surface area contributed by atoms with Gasteiger partial charge >= 0.3 is 0 Å². The molecule has 1 N–H and O–H groups in total. The van der Waals surface area contributed by atoms with Crippen LogP contribution < -0.4 is 10.2 Å². The Labute approximate surface area is 198 Å². The molecule has 5 aromatic rings. The van der Waals surface area contributed by atoms with Crippen molar-refractivity contribution >= 4 is 56.2 Å². The highest BCUT2D eigenvalue weighted by Crippen LogP contribution is 2.35. The Morgan fingerprint density at radius 1 is 1.18 bits per heavy atom. The van der Waals surface area contributed by atoms with Crippen LogP contribution >= 0.6 is 22.9 Å². The molecule has 0 bridgehead atoms. The Morgan fingerprint density at radius 2 is 2.00 bits per heavy atom. The molecule has 0 unspecified atom stereocenters. The predicted octanol–water partition coefficient (Wildman–Crippen LogP) is 5.12. The first kappa shape index (κ1) is 21.1. The zero-order valence-corrected chi connectivity index (χ0v) is 19.1. The number of halogens is 1. The van der Waals surface area contributed by atoms with Gasteiger partial charge < -0.3 is 4.74 Å². The SMILES string of the molecule is COc1ccc(/C=N\NC(=O)c2sc3ccccc3c2Cl)cc1Cn1nnc2ccccc21. The van der Waals surface area contributed by atoms with Gasteiger partial charge in [-0.1, -0.05) is 47.1 Å². The van der Waals surface area contributed by atoms with Gasteiger partial charge in [0.15, 0.2) is 0 Å². The highest BCUT2D eigenvalue weighted by Gasteiger charge is 2.16. The number of hydrogen-bond donors (Lipinski definition) is 1. The molecule has 3 aromatic carbocycles. The number of carbonyl (C=O) groups is 1. The summed E-state index contributed by atoms with van der Waals surface area (Å²) in [6, 6.07) is 21.1. The Hall–Kier alpha value is -3.75. The van der Waals surface area contributed by atoms with Crippen LogP contribution in [0.5, 0.6) is 5.75 Å². The summed E-state index contributed by atoms with van der Waals surface area (Å²) in [5.74, 6) is 0.382. The lowest BCUT2D eigenvalue weighted by Gasteiger charge is -2.10. The number of hydrogen-bond acceptors (Lipinski definition) is 6. The maximum atomic E-state index is 12.6. The van der Waals surface area contributed by atoms with E-state index in [0.29, 0.717) is 16.4 Å². The molecular weight excluding hydrogens is 458 g/mol. The monoisotopic (exact) mass is 475 g/mol. The number of thiophene rings is 1. The van der Waals surface area contributed by atoms with Crippen LogP contribution in [0.15, 0.2) is 71.8 Å². The Kier molecular flexibility index (Phi) is 5.77. The van der Waals surface area contributed by atoms with E-state index in [1.807, 2.05) is 71.4 Å². The standard InChI is InChI=1S/C24H18ClN5O2S/c1-32-20-11-10-15(12-16(20)14-30-19-8-4-3-7-18(19)27-29-30)13-26-28-24(31)23-22(25)17-6-2-5-9-21(17)33-23/h2-13H,14H2,1H3,(H,28,31)/b26-13-. The third kappa shape index (κ3) is 4.18. The molecule has 0 aliphatic rings. The minimum atomic E-state index is -0.347. The molecule has 0 saturated heterocycles. The molecule has 1 amide bonds. The zero-order valence-electron chi connectivity index (χ0n) is 17.5. The second-order valence-electron chi connectivity index (χ2n) is 7.25. The van der Waals surface area contributed by atoms with Crippen molar-refractivity contribution in [3.63, 3.8) is 0 Å². The molecule has 0 atom stereocenters. The van der Waals surface area contributed by atoms with Gasteiger partial charge in [-0.25, -0.2) is 10.1 Å². The lowest BCUT2D eigenvalue weighted by molar-refractivity contribution is 0.0959. The minimum Gasteiger partial charge on any atom is -0.496 e. The molecule has 2 aromatic heterocycles. The number of rotatable bonds is 6. The van der Waals surface area contributed by atoms with Crippen LogP contribution in [0.3, 0.4) is 0 Å². The van der Waals surface area contributed by atoms with Crippen molar-refractivity contribution in [2.45, 2.75) is 6.54 Å². The largest absolute Gasteiger partial charge is 0.496 e. The van der Waals surface area contributed by atoms with E-state index >= 15 is 0 Å². The third-order valence-corrected chi connectivity index (χ3v) is 6.84. The molecule has 0 saturated carbocycles.